The number of hydrogen-bond acceptors (Lipinski definition) is 4. The third-order valence-electron chi connectivity index (χ3n) is 3.68. The number of carbonyl (C=O) groups is 2. The van der Waals surface area contributed by atoms with Crippen LogP contribution >= 0.6 is 11.8 Å². The fourth-order valence-electron chi connectivity index (χ4n) is 2.32. The summed E-state index contributed by atoms with van der Waals surface area (Å²) in [5.74, 6) is -0.430. The Kier molecular flexibility index (Phi) is 7.69. The van der Waals surface area contributed by atoms with Gasteiger partial charge in [0.05, 0.1) is 6.61 Å². The fourth-order valence-corrected chi connectivity index (χ4v) is 3.39. The van der Waals surface area contributed by atoms with Gasteiger partial charge >= 0.3 is 5.97 Å². The molecule has 2 N–H and O–H groups in total. The number of amides is 1. The molecule has 0 bridgehead atoms. The van der Waals surface area contributed by atoms with Crippen LogP contribution in [-0.2, 0) is 15.3 Å². The molecule has 0 aliphatic carbocycles. The summed E-state index contributed by atoms with van der Waals surface area (Å²) in [5, 5.41) is 11.2. The Balaban J connectivity index is 1.87. The van der Waals surface area contributed by atoms with Crippen molar-refractivity contribution in [3.05, 3.63) is 64.7 Å². The van der Waals surface area contributed by atoms with Crippen LogP contribution < -0.4 is 5.32 Å². The lowest BCUT2D eigenvalue weighted by molar-refractivity contribution is -0.142. The lowest BCUT2D eigenvalue weighted by Gasteiger charge is -2.09. The summed E-state index contributed by atoms with van der Waals surface area (Å²) in [7, 11) is 0. The Labute approximate surface area is 157 Å². The Morgan fingerprint density at radius 2 is 1.96 bits per heavy atom. The van der Waals surface area contributed by atoms with Gasteiger partial charge in [-0.1, -0.05) is 29.8 Å². The number of ether oxygens (including phenoxy) is 1. The topological polar surface area (TPSA) is 75.6 Å². The Morgan fingerprint density at radius 1 is 1.15 bits per heavy atom. The summed E-state index contributed by atoms with van der Waals surface area (Å²) < 4.78 is 4.90. The zero-order chi connectivity index (χ0) is 18.9. The molecule has 2 rings (SSSR count). The lowest BCUT2D eigenvalue weighted by Crippen LogP contribution is -2.28. The van der Waals surface area contributed by atoms with Crippen LogP contribution in [0.15, 0.2) is 47.4 Å². The molecular formula is C20H23NO4S. The molecular weight excluding hydrogens is 350 g/mol. The van der Waals surface area contributed by atoms with E-state index in [1.165, 1.54) is 16.0 Å². The molecule has 5 nitrogen and oxygen atoms in total. The number of rotatable bonds is 9. The van der Waals surface area contributed by atoms with Gasteiger partial charge in [0.2, 0.25) is 0 Å². The van der Waals surface area contributed by atoms with E-state index >= 15 is 0 Å². The van der Waals surface area contributed by atoms with Gasteiger partial charge in [0.25, 0.3) is 5.91 Å². The molecule has 2 aromatic rings. The van der Waals surface area contributed by atoms with Crippen molar-refractivity contribution in [3.63, 3.8) is 0 Å². The molecule has 0 heterocycles. The third-order valence-corrected chi connectivity index (χ3v) is 4.91. The molecule has 0 aliphatic rings. The van der Waals surface area contributed by atoms with Crippen LogP contribution in [-0.4, -0.2) is 36.7 Å². The highest BCUT2D eigenvalue weighted by Gasteiger charge is 2.07. The summed E-state index contributed by atoms with van der Waals surface area (Å²) in [6.07, 6.45) is 0. The van der Waals surface area contributed by atoms with E-state index in [2.05, 4.69) is 37.4 Å². The summed E-state index contributed by atoms with van der Waals surface area (Å²) in [6.45, 7) is 4.25. The zero-order valence-electron chi connectivity index (χ0n) is 15.0. The number of aliphatic carboxylic acids is 1. The van der Waals surface area contributed by atoms with Crippen molar-refractivity contribution in [1.29, 1.82) is 0 Å². The second-order valence-electron chi connectivity index (χ2n) is 5.96. The predicted molar refractivity (Wildman–Crippen MR) is 103 cm³/mol. The van der Waals surface area contributed by atoms with E-state index in [1.54, 1.807) is 17.8 Å². The highest BCUT2D eigenvalue weighted by Crippen LogP contribution is 2.27. The SMILES string of the molecule is Cc1ccc(C)c(SCc2cccc(C(=O)NCCOCC(=O)O)c2)c1. The van der Waals surface area contributed by atoms with Crippen molar-refractivity contribution in [2.45, 2.75) is 24.5 Å². The van der Waals surface area contributed by atoms with Gasteiger partial charge in [-0.15, -0.1) is 11.8 Å². The van der Waals surface area contributed by atoms with Crippen molar-refractivity contribution in [1.82, 2.24) is 5.32 Å². The van der Waals surface area contributed by atoms with Gasteiger partial charge in [-0.3, -0.25) is 4.79 Å². The number of aryl methyl sites for hydroxylation is 2. The first-order valence-corrected chi connectivity index (χ1v) is 9.31. The van der Waals surface area contributed by atoms with Crippen LogP contribution in [0.5, 0.6) is 0 Å². The maximum atomic E-state index is 12.2. The van der Waals surface area contributed by atoms with Gasteiger partial charge in [-0.2, -0.15) is 0 Å². The zero-order valence-corrected chi connectivity index (χ0v) is 15.8. The maximum absolute atomic E-state index is 12.2. The number of nitrogens with one attached hydrogen (secondary N) is 1. The number of thioether (sulfide) groups is 1. The molecule has 26 heavy (non-hydrogen) atoms. The summed E-state index contributed by atoms with van der Waals surface area (Å²) in [5.41, 5.74) is 4.14. The number of carbonyl (C=O) groups excluding carboxylic acids is 1. The van der Waals surface area contributed by atoms with Crippen LogP contribution in [0.4, 0.5) is 0 Å². The Morgan fingerprint density at radius 3 is 2.73 bits per heavy atom. The molecule has 0 unspecified atom stereocenters. The standard InChI is InChI=1S/C20H23NO4S/c1-14-6-7-15(2)18(10-14)26-13-16-4-3-5-17(11-16)20(24)21-8-9-25-12-19(22)23/h3-7,10-11H,8-9,12-13H2,1-2H3,(H,21,24)(H,22,23). The van der Waals surface area contributed by atoms with Gasteiger partial charge in [0.1, 0.15) is 6.61 Å². The van der Waals surface area contributed by atoms with Gasteiger partial charge in [0.15, 0.2) is 0 Å². The molecule has 0 saturated heterocycles. The second-order valence-corrected chi connectivity index (χ2v) is 6.98. The van der Waals surface area contributed by atoms with Crippen LogP contribution in [0.25, 0.3) is 0 Å². The smallest absolute Gasteiger partial charge is 0.329 e. The molecule has 2 aromatic carbocycles. The number of carboxylic acids is 1. The highest BCUT2D eigenvalue weighted by atomic mass is 32.2. The van der Waals surface area contributed by atoms with Crippen molar-refractivity contribution >= 4 is 23.6 Å². The minimum Gasteiger partial charge on any atom is -0.480 e. The maximum Gasteiger partial charge on any atom is 0.329 e. The van der Waals surface area contributed by atoms with E-state index in [0.717, 1.165) is 11.3 Å². The van der Waals surface area contributed by atoms with E-state index in [0.29, 0.717) is 5.56 Å². The molecule has 0 atom stereocenters. The Hall–Kier alpha value is -2.31. The fraction of sp³-hybridized carbons (Fsp3) is 0.300. The van der Waals surface area contributed by atoms with Crippen molar-refractivity contribution in [2.75, 3.05) is 19.8 Å². The summed E-state index contributed by atoms with van der Waals surface area (Å²) >= 11 is 1.75. The molecule has 0 aliphatic heterocycles. The molecule has 0 saturated carbocycles. The normalized spacial score (nSPS) is 10.5. The van der Waals surface area contributed by atoms with E-state index in [1.807, 2.05) is 18.2 Å². The first kappa shape index (κ1) is 20.0. The summed E-state index contributed by atoms with van der Waals surface area (Å²) in [6, 6.07) is 13.9. The van der Waals surface area contributed by atoms with Crippen LogP contribution in [0.2, 0.25) is 0 Å². The van der Waals surface area contributed by atoms with Crippen molar-refractivity contribution < 1.29 is 19.4 Å². The van der Waals surface area contributed by atoms with Crippen molar-refractivity contribution in [3.8, 4) is 0 Å². The largest absolute Gasteiger partial charge is 0.480 e. The van der Waals surface area contributed by atoms with E-state index in [9.17, 15) is 9.59 Å². The van der Waals surface area contributed by atoms with Gasteiger partial charge in [0, 0.05) is 22.8 Å². The molecule has 138 valence electrons. The van der Waals surface area contributed by atoms with Crippen LogP contribution in [0.3, 0.4) is 0 Å². The third kappa shape index (κ3) is 6.54. The minimum absolute atomic E-state index is 0.167. The van der Waals surface area contributed by atoms with E-state index in [4.69, 9.17) is 9.84 Å². The highest BCUT2D eigenvalue weighted by molar-refractivity contribution is 7.98. The predicted octanol–water partition coefficient (Wildman–Crippen LogP) is 3.43. The summed E-state index contributed by atoms with van der Waals surface area (Å²) in [4.78, 5) is 23.8. The van der Waals surface area contributed by atoms with Crippen molar-refractivity contribution in [2.24, 2.45) is 0 Å². The molecule has 6 heteroatoms. The molecule has 0 fully saturated rings. The second kappa shape index (κ2) is 9.99. The Bertz CT molecular complexity index is 776. The number of hydrogen-bond donors (Lipinski definition) is 2. The van der Waals surface area contributed by atoms with E-state index < -0.39 is 5.97 Å². The first-order valence-electron chi connectivity index (χ1n) is 8.32. The average molecular weight is 373 g/mol. The quantitative estimate of drug-likeness (QED) is 0.520. The minimum atomic E-state index is -1.02. The first-order chi connectivity index (χ1) is 12.5. The van der Waals surface area contributed by atoms with E-state index in [-0.39, 0.29) is 25.7 Å². The van der Waals surface area contributed by atoms with Gasteiger partial charge in [-0.05, 0) is 43.2 Å². The van der Waals surface area contributed by atoms with Crippen LogP contribution in [0.1, 0.15) is 27.0 Å². The molecule has 0 spiro atoms. The van der Waals surface area contributed by atoms with Crippen LogP contribution in [0, 0.1) is 13.8 Å². The molecule has 0 aromatic heterocycles. The van der Waals surface area contributed by atoms with Gasteiger partial charge < -0.3 is 15.2 Å². The molecule has 0 radical (unpaired) electrons. The average Bonchev–Trinajstić information content (AvgIpc) is 2.62. The lowest BCUT2D eigenvalue weighted by atomic mass is 10.1. The molecule has 1 amide bonds. The van der Waals surface area contributed by atoms with Gasteiger partial charge in [-0.25, -0.2) is 4.79 Å². The monoisotopic (exact) mass is 373 g/mol. The number of carboxylic acid groups (broad SMARTS) is 1. The number of benzene rings is 2.